The molecule has 9 heteroatoms. The third-order valence-corrected chi connectivity index (χ3v) is 6.87. The zero-order chi connectivity index (χ0) is 23.6. The normalized spacial score (nSPS) is 23.9. The molecule has 2 fully saturated rings. The average Bonchev–Trinajstić information content (AvgIpc) is 3.67. The Labute approximate surface area is 192 Å². The molecule has 1 aliphatic heterocycles. The molecule has 172 valence electrons. The van der Waals surface area contributed by atoms with Crippen molar-refractivity contribution < 1.29 is 28.2 Å². The van der Waals surface area contributed by atoms with Gasteiger partial charge in [0.1, 0.15) is 23.1 Å². The number of hydrogen-bond acceptors (Lipinski definition) is 5. The summed E-state index contributed by atoms with van der Waals surface area (Å²) in [6.07, 6.45) is 3.16. The van der Waals surface area contributed by atoms with Crippen LogP contribution in [0.4, 0.5) is 14.6 Å². The fourth-order valence-electron chi connectivity index (χ4n) is 4.87. The molecule has 3 aromatic rings. The quantitative estimate of drug-likeness (QED) is 0.531. The summed E-state index contributed by atoms with van der Waals surface area (Å²) in [7, 11) is 0. The summed E-state index contributed by atoms with van der Waals surface area (Å²) in [5.41, 5.74) is 0.996. The van der Waals surface area contributed by atoms with E-state index >= 15 is 0 Å². The van der Waals surface area contributed by atoms with Crippen molar-refractivity contribution >= 4 is 17.6 Å². The Morgan fingerprint density at radius 3 is 2.79 bits per heavy atom. The third-order valence-electron chi connectivity index (χ3n) is 6.87. The van der Waals surface area contributed by atoms with Gasteiger partial charge in [0, 0.05) is 35.2 Å². The predicted octanol–water partition coefficient (Wildman–Crippen LogP) is 4.03. The highest BCUT2D eigenvalue weighted by atomic mass is 19.2. The summed E-state index contributed by atoms with van der Waals surface area (Å²) in [5, 5.41) is 16.2. The second kappa shape index (κ2) is 7.24. The number of hydrogen-bond donors (Lipinski definition) is 3. The number of fused-ring (bicyclic) bond motifs is 2. The summed E-state index contributed by atoms with van der Waals surface area (Å²) < 4.78 is 32.8. The third kappa shape index (κ3) is 3.27. The number of pyridine rings is 1. The molecule has 0 spiro atoms. The summed E-state index contributed by atoms with van der Waals surface area (Å²) in [5.74, 6) is -0.953. The van der Waals surface area contributed by atoms with Crippen LogP contribution in [-0.2, 0) is 11.2 Å². The number of aromatic hydroxyl groups is 1. The van der Waals surface area contributed by atoms with Crippen LogP contribution in [0.2, 0.25) is 0 Å². The lowest BCUT2D eigenvalue weighted by Gasteiger charge is -2.20. The fourth-order valence-corrected chi connectivity index (χ4v) is 4.87. The first kappa shape index (κ1) is 20.6. The molecule has 2 amide bonds. The number of benzene rings is 2. The van der Waals surface area contributed by atoms with E-state index < -0.39 is 23.1 Å². The van der Waals surface area contributed by atoms with Gasteiger partial charge in [-0.3, -0.25) is 9.59 Å². The van der Waals surface area contributed by atoms with Crippen molar-refractivity contribution in [1.29, 1.82) is 0 Å². The van der Waals surface area contributed by atoms with E-state index in [1.54, 1.807) is 30.5 Å². The summed E-state index contributed by atoms with van der Waals surface area (Å²) in [4.78, 5) is 28.4. The topological polar surface area (TPSA) is 101 Å². The SMILES string of the molecule is O=C1CCc2c(Oc3ccc(O)c([C@@H]4[C@@H]5C[C@@]45NC(=O)c4ccc(F)c(F)c4)c3)ccnc2N1. The maximum absolute atomic E-state index is 13.5. The molecule has 0 unspecified atom stereocenters. The van der Waals surface area contributed by atoms with Crippen molar-refractivity contribution in [2.75, 3.05) is 5.32 Å². The molecule has 2 saturated carbocycles. The summed E-state index contributed by atoms with van der Waals surface area (Å²) in [6.45, 7) is 0. The van der Waals surface area contributed by atoms with Crippen molar-refractivity contribution in [2.24, 2.45) is 5.92 Å². The molecule has 0 saturated heterocycles. The monoisotopic (exact) mass is 463 g/mol. The van der Waals surface area contributed by atoms with Crippen LogP contribution >= 0.6 is 0 Å². The maximum atomic E-state index is 13.5. The number of phenols is 1. The molecule has 2 heterocycles. The van der Waals surface area contributed by atoms with E-state index in [1.165, 1.54) is 6.07 Å². The number of nitrogens with one attached hydrogen (secondary N) is 2. The highest BCUT2D eigenvalue weighted by Gasteiger charge is 2.80. The first-order valence-electron chi connectivity index (χ1n) is 10.9. The van der Waals surface area contributed by atoms with Crippen molar-refractivity contribution in [3.05, 3.63) is 77.0 Å². The van der Waals surface area contributed by atoms with E-state index in [-0.39, 0.29) is 29.1 Å². The van der Waals surface area contributed by atoms with E-state index in [2.05, 4.69) is 15.6 Å². The number of phenolic OH excluding ortho intramolecular Hbond substituents is 1. The molecular weight excluding hydrogens is 444 g/mol. The van der Waals surface area contributed by atoms with Crippen LogP contribution in [-0.4, -0.2) is 27.4 Å². The van der Waals surface area contributed by atoms with Gasteiger partial charge < -0.3 is 20.5 Å². The molecule has 0 bridgehead atoms. The number of halogens is 2. The van der Waals surface area contributed by atoms with Crippen LogP contribution in [0.1, 0.15) is 40.2 Å². The molecule has 0 radical (unpaired) electrons. The van der Waals surface area contributed by atoms with Gasteiger partial charge in [0.05, 0.1) is 5.54 Å². The van der Waals surface area contributed by atoms with E-state index in [9.17, 15) is 23.5 Å². The van der Waals surface area contributed by atoms with Gasteiger partial charge in [0.15, 0.2) is 11.6 Å². The second-order valence-electron chi connectivity index (χ2n) is 8.92. The number of carbonyl (C=O) groups excluding carboxylic acids is 2. The van der Waals surface area contributed by atoms with Crippen molar-refractivity contribution in [2.45, 2.75) is 30.7 Å². The number of rotatable bonds is 5. The number of aromatic nitrogens is 1. The Bertz CT molecular complexity index is 1380. The Morgan fingerprint density at radius 1 is 1.15 bits per heavy atom. The average molecular weight is 463 g/mol. The number of nitrogens with zero attached hydrogens (tertiary/aromatic N) is 1. The van der Waals surface area contributed by atoms with Gasteiger partial charge >= 0.3 is 0 Å². The number of carbonyl (C=O) groups is 2. The lowest BCUT2D eigenvalue weighted by molar-refractivity contribution is -0.116. The Kier molecular flexibility index (Phi) is 4.39. The number of amides is 2. The van der Waals surface area contributed by atoms with E-state index in [0.717, 1.165) is 24.1 Å². The Hall–Kier alpha value is -4.01. The van der Waals surface area contributed by atoms with Gasteiger partial charge in [0.2, 0.25) is 5.91 Å². The van der Waals surface area contributed by atoms with Crippen LogP contribution in [0.15, 0.2) is 48.7 Å². The Balaban J connectivity index is 1.21. The summed E-state index contributed by atoms with van der Waals surface area (Å²) in [6, 6.07) is 9.69. The molecular formula is C25H19F2N3O4. The molecule has 2 aliphatic carbocycles. The molecule has 3 N–H and O–H groups in total. The fraction of sp³-hybridized carbons (Fsp3) is 0.240. The van der Waals surface area contributed by atoms with Gasteiger partial charge in [-0.05, 0) is 61.2 Å². The van der Waals surface area contributed by atoms with Crippen LogP contribution < -0.4 is 15.4 Å². The van der Waals surface area contributed by atoms with Crippen LogP contribution in [0.5, 0.6) is 17.2 Å². The van der Waals surface area contributed by atoms with Crippen molar-refractivity contribution in [1.82, 2.24) is 10.3 Å². The van der Waals surface area contributed by atoms with Gasteiger partial charge in [0.25, 0.3) is 5.91 Å². The van der Waals surface area contributed by atoms with Crippen LogP contribution in [0.25, 0.3) is 0 Å². The maximum Gasteiger partial charge on any atom is 0.251 e. The molecule has 6 rings (SSSR count). The van der Waals surface area contributed by atoms with Crippen molar-refractivity contribution in [3.8, 4) is 17.2 Å². The molecule has 34 heavy (non-hydrogen) atoms. The minimum Gasteiger partial charge on any atom is -0.508 e. The molecule has 1 aromatic heterocycles. The first-order valence-corrected chi connectivity index (χ1v) is 10.9. The van der Waals surface area contributed by atoms with E-state index in [4.69, 9.17) is 4.74 Å². The van der Waals surface area contributed by atoms with Gasteiger partial charge in [-0.25, -0.2) is 13.8 Å². The van der Waals surface area contributed by atoms with E-state index in [1.807, 2.05) is 0 Å². The van der Waals surface area contributed by atoms with Crippen LogP contribution in [0.3, 0.4) is 0 Å². The largest absolute Gasteiger partial charge is 0.508 e. The lowest BCUT2D eigenvalue weighted by Crippen LogP contribution is -2.33. The first-order chi connectivity index (χ1) is 16.4. The highest BCUT2D eigenvalue weighted by molar-refractivity contribution is 5.96. The molecule has 3 aliphatic rings. The highest BCUT2D eigenvalue weighted by Crippen LogP contribution is 2.77. The van der Waals surface area contributed by atoms with Crippen LogP contribution in [0, 0.1) is 17.6 Å². The zero-order valence-electron chi connectivity index (χ0n) is 17.8. The predicted molar refractivity (Wildman–Crippen MR) is 117 cm³/mol. The van der Waals surface area contributed by atoms with Gasteiger partial charge in [-0.2, -0.15) is 0 Å². The smallest absolute Gasteiger partial charge is 0.251 e. The minimum absolute atomic E-state index is 0.0421. The van der Waals surface area contributed by atoms with Gasteiger partial charge in [-0.15, -0.1) is 0 Å². The number of anilines is 1. The van der Waals surface area contributed by atoms with E-state index in [0.29, 0.717) is 35.7 Å². The lowest BCUT2D eigenvalue weighted by atomic mass is 9.99. The minimum atomic E-state index is -1.08. The summed E-state index contributed by atoms with van der Waals surface area (Å²) >= 11 is 0. The molecule has 3 atom stereocenters. The number of ether oxygens (including phenoxy) is 1. The standard InChI is InChI=1S/C25H19F2N3O4/c26-17-4-1-12(9-18(17)27)24(33)30-25-11-16(25)22(25)15-10-13(2-5-19(15)31)34-20-7-8-28-23-14(20)3-6-21(32)29-23/h1-2,4-5,7-10,16,22,31H,3,6,11H2,(H,30,33)(H,28,29,32)/t16-,22+,25-/m0/s1. The molecule has 2 aromatic carbocycles. The van der Waals surface area contributed by atoms with Crippen molar-refractivity contribution in [3.63, 3.8) is 0 Å². The zero-order valence-corrected chi connectivity index (χ0v) is 17.8. The second-order valence-corrected chi connectivity index (χ2v) is 8.92. The van der Waals surface area contributed by atoms with Gasteiger partial charge in [-0.1, -0.05) is 0 Å². The Morgan fingerprint density at radius 2 is 2.00 bits per heavy atom. The molecule has 7 nitrogen and oxygen atoms in total.